The molecule has 0 saturated carbocycles. The van der Waals surface area contributed by atoms with Gasteiger partial charge in [0.15, 0.2) is 8.32 Å². The Morgan fingerprint density at radius 1 is 1.36 bits per heavy atom. The first-order valence-corrected chi connectivity index (χ1v) is 8.50. The van der Waals surface area contributed by atoms with E-state index in [-0.39, 0.29) is 5.04 Å². The van der Waals surface area contributed by atoms with Gasteiger partial charge in [0.05, 0.1) is 6.61 Å². The number of halogens is 1. The van der Waals surface area contributed by atoms with Crippen LogP contribution in [0.3, 0.4) is 0 Å². The molecule has 0 aliphatic carbocycles. The molecule has 14 heavy (non-hydrogen) atoms. The summed E-state index contributed by atoms with van der Waals surface area (Å²) in [5.41, 5.74) is 1.23. The Bertz CT molecular complexity index is 204. The Balaban J connectivity index is 4.20. The summed E-state index contributed by atoms with van der Waals surface area (Å²) in [6.45, 7) is 14.1. The Morgan fingerprint density at radius 2 is 1.86 bits per heavy atom. The smallest absolute Gasteiger partial charge is 0.192 e. The lowest BCUT2D eigenvalue weighted by atomic mass is 10.2. The first-order valence-electron chi connectivity index (χ1n) is 5.06. The minimum absolute atomic E-state index is 0.286. The lowest BCUT2D eigenvalue weighted by molar-refractivity contribution is 0.318. The average molecular weight is 235 g/mol. The van der Waals surface area contributed by atoms with Gasteiger partial charge in [-0.3, -0.25) is 0 Å². The summed E-state index contributed by atoms with van der Waals surface area (Å²) < 4.78 is 6.02. The second-order valence-corrected chi connectivity index (χ2v) is 10.4. The minimum atomic E-state index is -1.58. The lowest BCUT2D eigenvalue weighted by Crippen LogP contribution is -2.41. The molecule has 0 aromatic heterocycles. The predicted molar refractivity (Wildman–Crippen MR) is 67.6 cm³/mol. The van der Waals surface area contributed by atoms with Crippen molar-refractivity contribution in [1.82, 2.24) is 0 Å². The molecule has 0 atom stereocenters. The summed E-state index contributed by atoms with van der Waals surface area (Å²) in [7, 11) is -1.58. The van der Waals surface area contributed by atoms with Crippen molar-refractivity contribution in [3.63, 3.8) is 0 Å². The molecule has 0 amide bonds. The summed E-state index contributed by atoms with van der Waals surface area (Å²) in [5.74, 6) is 0.576. The van der Waals surface area contributed by atoms with Crippen LogP contribution in [0.5, 0.6) is 0 Å². The molecule has 0 radical (unpaired) electrons. The highest BCUT2D eigenvalue weighted by Crippen LogP contribution is 2.36. The van der Waals surface area contributed by atoms with Crippen LogP contribution in [0.4, 0.5) is 0 Å². The van der Waals surface area contributed by atoms with Crippen LogP contribution in [0, 0.1) is 0 Å². The summed E-state index contributed by atoms with van der Waals surface area (Å²) in [5, 5.41) is 0.286. The normalized spacial score (nSPS) is 14.6. The largest absolute Gasteiger partial charge is 0.413 e. The first kappa shape index (κ1) is 14.2. The molecule has 0 N–H and O–H groups in total. The van der Waals surface area contributed by atoms with E-state index in [4.69, 9.17) is 16.0 Å². The molecule has 84 valence electrons. The standard InChI is InChI=1S/C11H23ClOSi/c1-10(7-8-12)9-13-14(5,6)11(2,3)4/h7H,8-9H2,1-6H3. The third-order valence-corrected chi connectivity index (χ3v) is 7.53. The zero-order chi connectivity index (χ0) is 11.4. The van der Waals surface area contributed by atoms with Gasteiger partial charge in [0.25, 0.3) is 0 Å². The van der Waals surface area contributed by atoms with E-state index < -0.39 is 8.32 Å². The first-order chi connectivity index (χ1) is 6.20. The molecule has 0 rings (SSSR count). The number of allylic oxidation sites excluding steroid dienone is 1. The number of rotatable bonds is 4. The van der Waals surface area contributed by atoms with Crippen molar-refractivity contribution in [1.29, 1.82) is 0 Å². The highest BCUT2D eigenvalue weighted by atomic mass is 35.5. The second-order valence-electron chi connectivity index (χ2n) is 5.25. The van der Waals surface area contributed by atoms with Crippen LogP contribution in [0.25, 0.3) is 0 Å². The van der Waals surface area contributed by atoms with E-state index in [1.54, 1.807) is 0 Å². The molecule has 0 aromatic rings. The molecule has 0 aromatic carbocycles. The Kier molecular flexibility index (Phi) is 5.41. The van der Waals surface area contributed by atoms with Gasteiger partial charge in [-0.25, -0.2) is 0 Å². The summed E-state index contributed by atoms with van der Waals surface area (Å²) >= 11 is 5.62. The average Bonchev–Trinajstić information content (AvgIpc) is 1.99. The summed E-state index contributed by atoms with van der Waals surface area (Å²) in [6, 6.07) is 0. The monoisotopic (exact) mass is 234 g/mol. The molecule has 0 bridgehead atoms. The van der Waals surface area contributed by atoms with E-state index in [2.05, 4.69) is 40.8 Å². The van der Waals surface area contributed by atoms with Gasteiger partial charge < -0.3 is 4.43 Å². The maximum Gasteiger partial charge on any atom is 0.192 e. The molecule has 0 unspecified atom stereocenters. The van der Waals surface area contributed by atoms with Gasteiger partial charge in [0.2, 0.25) is 0 Å². The van der Waals surface area contributed by atoms with Gasteiger partial charge in [-0.2, -0.15) is 0 Å². The fraction of sp³-hybridized carbons (Fsp3) is 0.818. The Morgan fingerprint density at radius 3 is 2.21 bits per heavy atom. The summed E-state index contributed by atoms with van der Waals surface area (Å²) in [4.78, 5) is 0. The van der Waals surface area contributed by atoms with Crippen molar-refractivity contribution in [3.05, 3.63) is 11.6 Å². The minimum Gasteiger partial charge on any atom is -0.413 e. The maximum absolute atomic E-state index is 6.02. The van der Waals surface area contributed by atoms with E-state index in [1.165, 1.54) is 5.57 Å². The quantitative estimate of drug-likeness (QED) is 0.403. The van der Waals surface area contributed by atoms with Crippen LogP contribution in [0.15, 0.2) is 11.6 Å². The highest BCUT2D eigenvalue weighted by Gasteiger charge is 2.36. The zero-order valence-corrected chi connectivity index (χ0v) is 12.0. The van der Waals surface area contributed by atoms with Crippen molar-refractivity contribution in [2.45, 2.75) is 45.8 Å². The van der Waals surface area contributed by atoms with Gasteiger partial charge in [-0.15, -0.1) is 11.6 Å². The van der Waals surface area contributed by atoms with E-state index in [0.29, 0.717) is 5.88 Å². The molecule has 0 saturated heterocycles. The van der Waals surface area contributed by atoms with Crippen molar-refractivity contribution in [2.24, 2.45) is 0 Å². The van der Waals surface area contributed by atoms with E-state index in [0.717, 1.165) is 6.61 Å². The molecule has 1 nitrogen and oxygen atoms in total. The second kappa shape index (κ2) is 5.33. The van der Waals surface area contributed by atoms with Crippen LogP contribution in [0.1, 0.15) is 27.7 Å². The van der Waals surface area contributed by atoms with E-state index >= 15 is 0 Å². The highest BCUT2D eigenvalue weighted by molar-refractivity contribution is 6.74. The Labute approximate surface area is 94.6 Å². The fourth-order valence-electron chi connectivity index (χ4n) is 0.701. The van der Waals surface area contributed by atoms with Crippen LogP contribution in [-0.2, 0) is 4.43 Å². The van der Waals surface area contributed by atoms with Gasteiger partial charge in [0.1, 0.15) is 0 Å². The molecule has 3 heteroatoms. The third-order valence-electron chi connectivity index (χ3n) is 2.89. The lowest BCUT2D eigenvalue weighted by Gasteiger charge is -2.36. The van der Waals surface area contributed by atoms with Gasteiger partial charge in [-0.05, 0) is 25.1 Å². The van der Waals surface area contributed by atoms with E-state index in [1.807, 2.05) is 6.08 Å². The predicted octanol–water partition coefficient (Wildman–Crippen LogP) is 4.19. The number of hydrogen-bond donors (Lipinski definition) is 0. The van der Waals surface area contributed by atoms with Gasteiger partial charge in [0, 0.05) is 5.88 Å². The fourth-order valence-corrected chi connectivity index (χ4v) is 1.99. The van der Waals surface area contributed by atoms with Crippen molar-refractivity contribution < 1.29 is 4.43 Å². The SMILES string of the molecule is CC(=CCCl)CO[Si](C)(C)C(C)(C)C. The van der Waals surface area contributed by atoms with E-state index in [9.17, 15) is 0 Å². The topological polar surface area (TPSA) is 9.23 Å². The molecule has 0 aliphatic heterocycles. The van der Waals surface area contributed by atoms with Gasteiger partial charge in [-0.1, -0.05) is 32.4 Å². The Hall–Kier alpha value is 0.207. The zero-order valence-electron chi connectivity index (χ0n) is 10.3. The van der Waals surface area contributed by atoms with Crippen molar-refractivity contribution in [2.75, 3.05) is 12.5 Å². The molecule has 0 spiro atoms. The van der Waals surface area contributed by atoms with Crippen LogP contribution >= 0.6 is 11.6 Å². The summed E-state index contributed by atoms with van der Waals surface area (Å²) in [6.07, 6.45) is 2.01. The van der Waals surface area contributed by atoms with Crippen molar-refractivity contribution in [3.8, 4) is 0 Å². The molecule has 0 fully saturated rings. The molecular formula is C11H23ClOSi. The van der Waals surface area contributed by atoms with Gasteiger partial charge >= 0.3 is 0 Å². The third kappa shape index (κ3) is 4.62. The van der Waals surface area contributed by atoms with Crippen LogP contribution in [0.2, 0.25) is 18.1 Å². The molecule has 0 heterocycles. The molecule has 0 aliphatic rings. The van der Waals surface area contributed by atoms with Crippen LogP contribution < -0.4 is 0 Å². The maximum atomic E-state index is 6.02. The number of hydrogen-bond acceptors (Lipinski definition) is 1. The molecular weight excluding hydrogens is 212 g/mol. The number of alkyl halides is 1. The van der Waals surface area contributed by atoms with Crippen molar-refractivity contribution >= 4 is 19.9 Å². The van der Waals surface area contributed by atoms with Crippen LogP contribution in [-0.4, -0.2) is 20.8 Å².